The summed E-state index contributed by atoms with van der Waals surface area (Å²) in [6.45, 7) is 6.36. The summed E-state index contributed by atoms with van der Waals surface area (Å²) in [7, 11) is 1.79. The van der Waals surface area contributed by atoms with Crippen molar-refractivity contribution in [2.24, 2.45) is 0 Å². The molecule has 1 aromatic carbocycles. The molecule has 2 amide bonds. The normalized spacial score (nSPS) is 10.8. The quantitative estimate of drug-likeness (QED) is 0.420. The van der Waals surface area contributed by atoms with Crippen LogP contribution in [-0.4, -0.2) is 62.2 Å². The molecule has 0 saturated heterocycles. The number of carbonyl (C=O) groups excluding carboxylic acids is 2. The van der Waals surface area contributed by atoms with E-state index < -0.39 is 0 Å². The van der Waals surface area contributed by atoms with Crippen LogP contribution < -0.4 is 10.6 Å². The average molecular weight is 489 g/mol. The number of carbonyl (C=O) groups is 2. The predicted octanol–water partition coefficient (Wildman–Crippen LogP) is 3.79. The van der Waals surface area contributed by atoms with Crippen LogP contribution >= 0.6 is 23.1 Å². The zero-order valence-corrected chi connectivity index (χ0v) is 20.9. The van der Waals surface area contributed by atoms with Gasteiger partial charge in [0.05, 0.1) is 11.9 Å². The van der Waals surface area contributed by atoms with Crippen LogP contribution in [0.15, 0.2) is 24.5 Å². The summed E-state index contributed by atoms with van der Waals surface area (Å²) >= 11 is 2.89. The second kappa shape index (κ2) is 10.7. The van der Waals surface area contributed by atoms with E-state index in [1.807, 2.05) is 20.1 Å². The number of phenols is 1. The smallest absolute Gasteiger partial charge is 0.267 e. The van der Waals surface area contributed by atoms with Crippen LogP contribution in [0.5, 0.6) is 5.75 Å². The van der Waals surface area contributed by atoms with Crippen molar-refractivity contribution in [2.45, 2.75) is 27.3 Å². The first-order valence-electron chi connectivity index (χ1n) is 10.3. The van der Waals surface area contributed by atoms with E-state index in [1.54, 1.807) is 53.6 Å². The Labute approximate surface area is 201 Å². The summed E-state index contributed by atoms with van der Waals surface area (Å²) in [6.07, 6.45) is 5.30. The van der Waals surface area contributed by atoms with Gasteiger partial charge in [0, 0.05) is 36.7 Å². The van der Waals surface area contributed by atoms with E-state index in [0.29, 0.717) is 33.6 Å². The van der Waals surface area contributed by atoms with Crippen molar-refractivity contribution in [3.05, 3.63) is 46.1 Å². The maximum absolute atomic E-state index is 12.7. The van der Waals surface area contributed by atoms with Gasteiger partial charge in [-0.1, -0.05) is 17.4 Å². The van der Waals surface area contributed by atoms with E-state index in [4.69, 9.17) is 0 Å². The number of nitrogens with zero attached hydrogens (tertiary/aromatic N) is 4. The summed E-state index contributed by atoms with van der Waals surface area (Å²) < 4.78 is 1.60. The number of phenolic OH excluding ortho intramolecular Hbond substituents is 1. The van der Waals surface area contributed by atoms with Gasteiger partial charge < -0.3 is 20.6 Å². The van der Waals surface area contributed by atoms with Gasteiger partial charge >= 0.3 is 0 Å². The van der Waals surface area contributed by atoms with Gasteiger partial charge in [-0.15, -0.1) is 0 Å². The lowest BCUT2D eigenvalue weighted by Gasteiger charge is -2.16. The fraction of sp³-hybridized carbons (Fsp3) is 0.364. The minimum atomic E-state index is -0.307. The predicted molar refractivity (Wildman–Crippen MR) is 134 cm³/mol. The molecule has 3 rings (SSSR count). The number of anilines is 3. The summed E-state index contributed by atoms with van der Waals surface area (Å²) in [4.78, 5) is 31.5. The largest absolute Gasteiger partial charge is 0.508 e. The third kappa shape index (κ3) is 6.05. The standard InChI is InChI=1S/C22H28N6O3S2/c1-13-6-7-16(29)15(3)19(13)24-21(31)17-10-23-22(33-17)25-20-14(2)11-28(26-20)12-18(30)27(4)8-9-32-5/h6-7,10-11,29H,8-9,12H2,1-5H3,(H,24,31)(H,23,25,26). The summed E-state index contributed by atoms with van der Waals surface area (Å²) in [5, 5.41) is 20.9. The van der Waals surface area contributed by atoms with Gasteiger partial charge in [0.1, 0.15) is 17.2 Å². The van der Waals surface area contributed by atoms with Crippen molar-refractivity contribution < 1.29 is 14.7 Å². The second-order valence-electron chi connectivity index (χ2n) is 7.68. The number of thiazole rings is 1. The second-order valence-corrected chi connectivity index (χ2v) is 9.69. The zero-order valence-electron chi connectivity index (χ0n) is 19.3. The molecular formula is C22H28N6O3S2. The molecule has 11 heteroatoms. The van der Waals surface area contributed by atoms with Crippen LogP contribution in [0, 0.1) is 20.8 Å². The van der Waals surface area contributed by atoms with Crippen LogP contribution in [-0.2, 0) is 11.3 Å². The average Bonchev–Trinajstić information content (AvgIpc) is 3.38. The van der Waals surface area contributed by atoms with Crippen LogP contribution in [0.25, 0.3) is 0 Å². The third-order valence-electron chi connectivity index (χ3n) is 5.14. The Morgan fingerprint density at radius 3 is 2.73 bits per heavy atom. The van der Waals surface area contributed by atoms with Gasteiger partial charge in [-0.05, 0) is 38.7 Å². The lowest BCUT2D eigenvalue weighted by molar-refractivity contribution is -0.130. The van der Waals surface area contributed by atoms with E-state index in [9.17, 15) is 14.7 Å². The maximum Gasteiger partial charge on any atom is 0.267 e. The highest BCUT2D eigenvalue weighted by molar-refractivity contribution is 7.98. The molecule has 0 aliphatic heterocycles. The number of hydrogen-bond donors (Lipinski definition) is 3. The van der Waals surface area contributed by atoms with Gasteiger partial charge in [-0.2, -0.15) is 16.9 Å². The Morgan fingerprint density at radius 2 is 2.00 bits per heavy atom. The minimum Gasteiger partial charge on any atom is -0.508 e. The van der Waals surface area contributed by atoms with E-state index in [0.717, 1.165) is 16.9 Å². The van der Waals surface area contributed by atoms with Crippen LogP contribution in [0.4, 0.5) is 16.6 Å². The van der Waals surface area contributed by atoms with Gasteiger partial charge in [-0.3, -0.25) is 14.3 Å². The fourth-order valence-electron chi connectivity index (χ4n) is 3.08. The first-order chi connectivity index (χ1) is 15.7. The van der Waals surface area contributed by atoms with E-state index in [1.165, 1.54) is 17.5 Å². The van der Waals surface area contributed by atoms with Gasteiger partial charge in [0.2, 0.25) is 5.91 Å². The van der Waals surface area contributed by atoms with Gasteiger partial charge in [-0.25, -0.2) is 4.98 Å². The highest BCUT2D eigenvalue weighted by Gasteiger charge is 2.17. The molecule has 0 spiro atoms. The molecule has 176 valence electrons. The Hall–Kier alpha value is -3.05. The van der Waals surface area contributed by atoms with Crippen molar-refractivity contribution in [1.29, 1.82) is 0 Å². The number of benzene rings is 1. The first-order valence-corrected chi connectivity index (χ1v) is 12.5. The Bertz CT molecular complexity index is 1160. The highest BCUT2D eigenvalue weighted by atomic mass is 32.2. The molecule has 0 aliphatic carbocycles. The van der Waals surface area contributed by atoms with Gasteiger partial charge in [0.25, 0.3) is 5.91 Å². The number of nitrogens with one attached hydrogen (secondary N) is 2. The number of likely N-dealkylation sites (N-methyl/N-ethyl adjacent to an activating group) is 1. The Morgan fingerprint density at radius 1 is 1.24 bits per heavy atom. The van der Waals surface area contributed by atoms with Gasteiger partial charge in [0.15, 0.2) is 10.9 Å². The van der Waals surface area contributed by atoms with Crippen molar-refractivity contribution in [3.63, 3.8) is 0 Å². The van der Waals surface area contributed by atoms with Crippen molar-refractivity contribution in [3.8, 4) is 5.75 Å². The summed E-state index contributed by atoms with van der Waals surface area (Å²) in [6, 6.07) is 3.36. The molecule has 0 radical (unpaired) electrons. The zero-order chi connectivity index (χ0) is 24.1. The lowest BCUT2D eigenvalue weighted by atomic mass is 10.1. The van der Waals surface area contributed by atoms with E-state index in [-0.39, 0.29) is 24.1 Å². The molecule has 3 aromatic rings. The molecule has 2 aromatic heterocycles. The molecular weight excluding hydrogens is 460 g/mol. The molecule has 0 unspecified atom stereocenters. The number of aromatic nitrogens is 3. The minimum absolute atomic E-state index is 0.0103. The number of aromatic hydroxyl groups is 1. The summed E-state index contributed by atoms with van der Waals surface area (Å²) in [5.41, 5.74) is 2.92. The highest BCUT2D eigenvalue weighted by Crippen LogP contribution is 2.29. The Kier molecular flexibility index (Phi) is 7.98. The number of aryl methyl sites for hydroxylation is 2. The molecule has 9 nitrogen and oxygen atoms in total. The molecule has 2 heterocycles. The third-order valence-corrected chi connectivity index (χ3v) is 6.64. The van der Waals surface area contributed by atoms with E-state index >= 15 is 0 Å². The SMILES string of the molecule is CSCCN(C)C(=O)Cn1cc(C)c(Nc2ncc(C(=O)Nc3c(C)ccc(O)c3C)s2)n1. The van der Waals surface area contributed by atoms with E-state index in [2.05, 4.69) is 20.7 Å². The maximum atomic E-state index is 12.7. The molecule has 0 aliphatic rings. The fourth-order valence-corrected chi connectivity index (χ4v) is 4.25. The molecule has 3 N–H and O–H groups in total. The van der Waals surface area contributed by atoms with Crippen molar-refractivity contribution in [1.82, 2.24) is 19.7 Å². The Balaban J connectivity index is 1.66. The van der Waals surface area contributed by atoms with Crippen LogP contribution in [0.2, 0.25) is 0 Å². The van der Waals surface area contributed by atoms with Crippen molar-refractivity contribution >= 4 is 51.5 Å². The number of hydrogen-bond acceptors (Lipinski definition) is 8. The monoisotopic (exact) mass is 488 g/mol. The van der Waals surface area contributed by atoms with Crippen molar-refractivity contribution in [2.75, 3.05) is 36.2 Å². The molecule has 33 heavy (non-hydrogen) atoms. The summed E-state index contributed by atoms with van der Waals surface area (Å²) in [5.74, 6) is 1.28. The molecule has 0 atom stereocenters. The first kappa shape index (κ1) is 24.6. The van der Waals surface area contributed by atoms with Crippen LogP contribution in [0.1, 0.15) is 26.4 Å². The topological polar surface area (TPSA) is 112 Å². The number of thioether (sulfide) groups is 1. The molecule has 0 bridgehead atoms. The molecule has 0 fully saturated rings. The molecule has 0 saturated carbocycles. The number of rotatable bonds is 9. The lowest BCUT2D eigenvalue weighted by Crippen LogP contribution is -2.32. The van der Waals surface area contributed by atoms with Crippen LogP contribution in [0.3, 0.4) is 0 Å². The number of amides is 2.